The lowest BCUT2D eigenvalue weighted by atomic mass is 10.3. The normalized spacial score (nSPS) is 10.3. The molecule has 0 aliphatic carbocycles. The first-order valence-electron chi connectivity index (χ1n) is 5.13. The van der Waals surface area contributed by atoms with E-state index in [1.807, 2.05) is 0 Å². The number of nitrogens with two attached hydrogens (primary N) is 1. The van der Waals surface area contributed by atoms with E-state index in [4.69, 9.17) is 5.73 Å². The SMILES string of the molecule is CN(C)c1nc(N)n(-c2cccc([N+](=O)[O-])c2)n1. The van der Waals surface area contributed by atoms with E-state index in [9.17, 15) is 10.1 Å². The Labute approximate surface area is 103 Å². The minimum absolute atomic E-state index is 0.0196. The van der Waals surface area contributed by atoms with E-state index in [-0.39, 0.29) is 11.6 Å². The standard InChI is InChI=1S/C10H12N6O2/c1-14(2)10-12-9(11)15(13-10)7-4-3-5-8(6-7)16(17)18/h3-6H,1-2H3,(H2,11,12,13). The summed E-state index contributed by atoms with van der Waals surface area (Å²) in [5.74, 6) is 0.623. The molecule has 0 bridgehead atoms. The highest BCUT2D eigenvalue weighted by Gasteiger charge is 2.13. The number of nitrogen functional groups attached to an aromatic ring is 1. The molecule has 1 heterocycles. The molecule has 0 spiro atoms. The van der Waals surface area contributed by atoms with Crippen molar-refractivity contribution in [2.45, 2.75) is 0 Å². The van der Waals surface area contributed by atoms with Gasteiger partial charge in [0, 0.05) is 26.2 Å². The van der Waals surface area contributed by atoms with Gasteiger partial charge in [-0.05, 0) is 6.07 Å². The zero-order valence-electron chi connectivity index (χ0n) is 9.94. The second kappa shape index (κ2) is 4.32. The Morgan fingerprint density at radius 1 is 1.44 bits per heavy atom. The number of anilines is 2. The second-order valence-electron chi connectivity index (χ2n) is 3.85. The second-order valence-corrected chi connectivity index (χ2v) is 3.85. The Morgan fingerprint density at radius 2 is 2.17 bits per heavy atom. The van der Waals surface area contributed by atoms with Crippen LogP contribution in [0.3, 0.4) is 0 Å². The van der Waals surface area contributed by atoms with Crippen LogP contribution in [0.5, 0.6) is 0 Å². The lowest BCUT2D eigenvalue weighted by molar-refractivity contribution is -0.384. The Morgan fingerprint density at radius 3 is 2.72 bits per heavy atom. The number of nitrogens with zero attached hydrogens (tertiary/aromatic N) is 5. The number of non-ortho nitro benzene ring substituents is 1. The molecule has 8 heteroatoms. The van der Waals surface area contributed by atoms with E-state index in [1.165, 1.54) is 16.8 Å². The minimum Gasteiger partial charge on any atom is -0.368 e. The molecule has 94 valence electrons. The number of aromatic nitrogens is 3. The van der Waals surface area contributed by atoms with E-state index in [2.05, 4.69) is 10.1 Å². The molecule has 0 saturated heterocycles. The van der Waals surface area contributed by atoms with Crippen LogP contribution in [0.2, 0.25) is 0 Å². The molecule has 8 nitrogen and oxygen atoms in total. The zero-order chi connectivity index (χ0) is 13.3. The lowest BCUT2D eigenvalue weighted by Crippen LogP contribution is -2.11. The summed E-state index contributed by atoms with van der Waals surface area (Å²) in [6, 6.07) is 6.05. The van der Waals surface area contributed by atoms with Gasteiger partial charge in [0.05, 0.1) is 10.6 Å². The van der Waals surface area contributed by atoms with Crippen molar-refractivity contribution in [2.75, 3.05) is 24.7 Å². The monoisotopic (exact) mass is 248 g/mol. The molecule has 18 heavy (non-hydrogen) atoms. The number of hydrogen-bond donors (Lipinski definition) is 1. The average Bonchev–Trinajstić information content (AvgIpc) is 2.72. The van der Waals surface area contributed by atoms with Crippen molar-refractivity contribution in [1.82, 2.24) is 14.8 Å². The van der Waals surface area contributed by atoms with Gasteiger partial charge in [-0.2, -0.15) is 9.67 Å². The largest absolute Gasteiger partial charge is 0.368 e. The molecule has 0 aliphatic rings. The number of rotatable bonds is 3. The van der Waals surface area contributed by atoms with Crippen LogP contribution in [0.25, 0.3) is 5.69 Å². The molecule has 0 saturated carbocycles. The Hall–Kier alpha value is -2.64. The average molecular weight is 248 g/mol. The van der Waals surface area contributed by atoms with Crippen LogP contribution in [-0.4, -0.2) is 33.8 Å². The van der Waals surface area contributed by atoms with E-state index >= 15 is 0 Å². The first-order valence-corrected chi connectivity index (χ1v) is 5.13. The van der Waals surface area contributed by atoms with E-state index < -0.39 is 4.92 Å². The third-order valence-corrected chi connectivity index (χ3v) is 2.31. The summed E-state index contributed by atoms with van der Waals surface area (Å²) < 4.78 is 1.36. The van der Waals surface area contributed by atoms with Gasteiger partial charge in [0.15, 0.2) is 0 Å². The lowest BCUT2D eigenvalue weighted by Gasteiger charge is -2.04. The van der Waals surface area contributed by atoms with Gasteiger partial charge in [-0.3, -0.25) is 10.1 Å². The fraction of sp³-hybridized carbons (Fsp3) is 0.200. The van der Waals surface area contributed by atoms with Crippen molar-refractivity contribution in [3.05, 3.63) is 34.4 Å². The zero-order valence-corrected chi connectivity index (χ0v) is 9.94. The summed E-state index contributed by atoms with van der Waals surface area (Å²) in [6.07, 6.45) is 0. The van der Waals surface area contributed by atoms with E-state index in [1.54, 1.807) is 31.1 Å². The summed E-state index contributed by atoms with van der Waals surface area (Å²) in [5.41, 5.74) is 6.21. The number of benzene rings is 1. The van der Waals surface area contributed by atoms with E-state index in [0.717, 1.165) is 0 Å². The molecule has 0 amide bonds. The smallest absolute Gasteiger partial charge is 0.271 e. The Kier molecular flexibility index (Phi) is 2.84. The van der Waals surface area contributed by atoms with Crippen LogP contribution in [0.1, 0.15) is 0 Å². The summed E-state index contributed by atoms with van der Waals surface area (Å²) >= 11 is 0. The van der Waals surface area contributed by atoms with Crippen LogP contribution >= 0.6 is 0 Å². The van der Waals surface area contributed by atoms with Crippen molar-refractivity contribution in [1.29, 1.82) is 0 Å². The van der Waals surface area contributed by atoms with Crippen molar-refractivity contribution in [3.63, 3.8) is 0 Å². The van der Waals surface area contributed by atoms with Gasteiger partial charge >= 0.3 is 0 Å². The molecular weight excluding hydrogens is 236 g/mol. The van der Waals surface area contributed by atoms with Crippen molar-refractivity contribution in [2.24, 2.45) is 0 Å². The third-order valence-electron chi connectivity index (χ3n) is 2.31. The fourth-order valence-electron chi connectivity index (χ4n) is 1.43. The van der Waals surface area contributed by atoms with Gasteiger partial charge < -0.3 is 10.6 Å². The highest BCUT2D eigenvalue weighted by molar-refractivity contribution is 5.47. The number of hydrogen-bond acceptors (Lipinski definition) is 6. The summed E-state index contributed by atoms with van der Waals surface area (Å²) in [7, 11) is 3.57. The van der Waals surface area contributed by atoms with Gasteiger partial charge in [0.2, 0.25) is 11.9 Å². The molecule has 2 N–H and O–H groups in total. The molecule has 0 fully saturated rings. The Balaban J connectivity index is 2.48. The highest BCUT2D eigenvalue weighted by atomic mass is 16.6. The van der Waals surface area contributed by atoms with E-state index in [0.29, 0.717) is 11.6 Å². The highest BCUT2D eigenvalue weighted by Crippen LogP contribution is 2.19. The topological polar surface area (TPSA) is 103 Å². The molecule has 0 unspecified atom stereocenters. The maximum atomic E-state index is 10.7. The van der Waals surface area contributed by atoms with Gasteiger partial charge in [-0.15, -0.1) is 5.10 Å². The number of nitro groups is 1. The molecule has 2 rings (SSSR count). The predicted octanol–water partition coefficient (Wildman–Crippen LogP) is 0.824. The quantitative estimate of drug-likeness (QED) is 0.637. The van der Waals surface area contributed by atoms with Crippen molar-refractivity contribution >= 4 is 17.6 Å². The minimum atomic E-state index is -0.469. The van der Waals surface area contributed by atoms with Crippen LogP contribution < -0.4 is 10.6 Å². The predicted molar refractivity (Wildman–Crippen MR) is 66.8 cm³/mol. The van der Waals surface area contributed by atoms with Crippen LogP contribution in [-0.2, 0) is 0 Å². The maximum Gasteiger partial charge on any atom is 0.271 e. The molecule has 0 atom stereocenters. The van der Waals surface area contributed by atoms with Crippen LogP contribution in [0, 0.1) is 10.1 Å². The first-order chi connectivity index (χ1) is 8.49. The third kappa shape index (κ3) is 2.08. The number of nitro benzene ring substituents is 1. The van der Waals surface area contributed by atoms with Gasteiger partial charge in [0.1, 0.15) is 0 Å². The summed E-state index contributed by atoms with van der Waals surface area (Å²) in [6.45, 7) is 0. The Bertz CT molecular complexity index is 592. The van der Waals surface area contributed by atoms with Crippen molar-refractivity contribution < 1.29 is 4.92 Å². The summed E-state index contributed by atoms with van der Waals surface area (Å²) in [4.78, 5) is 16.0. The van der Waals surface area contributed by atoms with Crippen LogP contribution in [0.15, 0.2) is 24.3 Å². The van der Waals surface area contributed by atoms with Gasteiger partial charge in [0.25, 0.3) is 5.69 Å². The molecule has 1 aromatic carbocycles. The van der Waals surface area contributed by atoms with Crippen molar-refractivity contribution in [3.8, 4) is 5.69 Å². The summed E-state index contributed by atoms with van der Waals surface area (Å²) in [5, 5.41) is 14.9. The first kappa shape index (κ1) is 11.8. The fourth-order valence-corrected chi connectivity index (χ4v) is 1.43. The van der Waals surface area contributed by atoms with Gasteiger partial charge in [-0.25, -0.2) is 0 Å². The molecule has 1 aromatic heterocycles. The maximum absolute atomic E-state index is 10.7. The molecule has 0 radical (unpaired) electrons. The molecular formula is C10H12N6O2. The van der Waals surface area contributed by atoms with Gasteiger partial charge in [-0.1, -0.05) is 6.07 Å². The molecule has 0 aliphatic heterocycles. The van der Waals surface area contributed by atoms with Crippen LogP contribution in [0.4, 0.5) is 17.6 Å². The molecule has 2 aromatic rings.